The number of rotatable bonds is 7. The van der Waals surface area contributed by atoms with E-state index < -0.39 is 10.8 Å². The first-order chi connectivity index (χ1) is 13.2. The third-order valence-corrected chi connectivity index (χ3v) is 5.48. The number of benzene rings is 2. The maximum atomic E-state index is 13.1. The van der Waals surface area contributed by atoms with Crippen molar-refractivity contribution in [1.82, 2.24) is 0 Å². The number of fused-ring (bicyclic) bond motifs is 2. The van der Waals surface area contributed by atoms with E-state index in [1.54, 1.807) is 36.4 Å². The van der Waals surface area contributed by atoms with Crippen molar-refractivity contribution in [3.8, 4) is 0 Å². The summed E-state index contributed by atoms with van der Waals surface area (Å²) < 4.78 is 19.8. The quantitative estimate of drug-likeness (QED) is 0.277. The van der Waals surface area contributed by atoms with Crippen molar-refractivity contribution in [2.75, 3.05) is 0 Å². The Kier molecular flexibility index (Phi) is 4.10. The molecule has 0 fully saturated rings. The molecule has 0 aliphatic rings. The molecule has 4 rings (SSSR count). The Bertz CT molecular complexity index is 1070. The van der Waals surface area contributed by atoms with E-state index in [2.05, 4.69) is 0 Å². The fourth-order valence-corrected chi connectivity index (χ4v) is 3.38. The third-order valence-electron chi connectivity index (χ3n) is 5.48. The van der Waals surface area contributed by atoms with Gasteiger partial charge in [0.05, 0.1) is 11.1 Å². The highest BCUT2D eigenvalue weighted by molar-refractivity contribution is 6.09. The van der Waals surface area contributed by atoms with Gasteiger partial charge in [0.25, 0.3) is 0 Å². The molecule has 0 aliphatic heterocycles. The molecule has 6 nitrogen and oxygen atoms in total. The minimum absolute atomic E-state index is 0.0311. The van der Waals surface area contributed by atoms with Crippen molar-refractivity contribution < 1.29 is 27.9 Å². The van der Waals surface area contributed by atoms with Crippen LogP contribution in [0.2, 0.25) is 0 Å². The SMILES string of the molecule is CC(C)(CCC(C)(C)C(=O)c1cccc2ooc12)C(=O)c1cccc2ooc12. The summed E-state index contributed by atoms with van der Waals surface area (Å²) in [4.78, 5) is 26.2. The second-order valence-electron chi connectivity index (χ2n) is 8.53. The average Bonchev–Trinajstić information content (AvgIpc) is 2.60. The van der Waals surface area contributed by atoms with Crippen LogP contribution < -0.4 is 0 Å². The van der Waals surface area contributed by atoms with E-state index in [1.807, 2.05) is 27.7 Å². The Balaban J connectivity index is 1.51. The van der Waals surface area contributed by atoms with Gasteiger partial charge in [0.15, 0.2) is 11.6 Å². The van der Waals surface area contributed by atoms with Crippen molar-refractivity contribution in [2.24, 2.45) is 10.8 Å². The van der Waals surface area contributed by atoms with E-state index in [-0.39, 0.29) is 11.6 Å². The van der Waals surface area contributed by atoms with Gasteiger partial charge >= 0.3 is 0 Å². The predicted molar refractivity (Wildman–Crippen MR) is 102 cm³/mol. The number of ketones is 2. The molecule has 28 heavy (non-hydrogen) atoms. The van der Waals surface area contributed by atoms with E-state index >= 15 is 0 Å². The lowest BCUT2D eigenvalue weighted by Gasteiger charge is -2.29. The molecular weight excluding hydrogens is 360 g/mol. The van der Waals surface area contributed by atoms with Crippen LogP contribution in [0.1, 0.15) is 61.3 Å². The highest BCUT2D eigenvalue weighted by atomic mass is 17.0. The Morgan fingerprint density at radius 1 is 0.679 bits per heavy atom. The van der Waals surface area contributed by atoms with Crippen LogP contribution in [0.3, 0.4) is 0 Å². The van der Waals surface area contributed by atoms with Gasteiger partial charge < -0.3 is 0 Å². The maximum Gasteiger partial charge on any atom is 0.236 e. The van der Waals surface area contributed by atoms with Crippen LogP contribution >= 0.6 is 0 Å². The largest absolute Gasteiger partial charge is 0.293 e. The van der Waals surface area contributed by atoms with Gasteiger partial charge in [-0.05, 0) is 37.1 Å². The Labute approximate surface area is 161 Å². The molecule has 0 atom stereocenters. The van der Waals surface area contributed by atoms with Crippen LogP contribution in [-0.4, -0.2) is 11.6 Å². The monoisotopic (exact) mass is 382 g/mol. The summed E-state index contributed by atoms with van der Waals surface area (Å²) >= 11 is 0. The second kappa shape index (κ2) is 6.26. The lowest BCUT2D eigenvalue weighted by molar-refractivity contribution is 0.0551. The summed E-state index contributed by atoms with van der Waals surface area (Å²) in [6, 6.07) is 10.5. The van der Waals surface area contributed by atoms with Gasteiger partial charge in [-0.25, -0.2) is 0 Å². The van der Waals surface area contributed by atoms with Crippen molar-refractivity contribution >= 4 is 33.9 Å². The van der Waals surface area contributed by atoms with Crippen molar-refractivity contribution in [2.45, 2.75) is 40.5 Å². The predicted octanol–water partition coefficient (Wildman–Crippen LogP) is 6.26. The Morgan fingerprint density at radius 3 is 1.39 bits per heavy atom. The summed E-state index contributed by atoms with van der Waals surface area (Å²) in [5.74, 6) is -0.0622. The van der Waals surface area contributed by atoms with Crippen LogP contribution in [0.15, 0.2) is 54.7 Å². The van der Waals surface area contributed by atoms with E-state index in [0.29, 0.717) is 46.3 Å². The zero-order valence-corrected chi connectivity index (χ0v) is 16.3. The Hall–Kier alpha value is -3.02. The number of carbonyl (C=O) groups is 2. The molecule has 0 unspecified atom stereocenters. The minimum Gasteiger partial charge on any atom is -0.293 e. The number of hydrogen-bond acceptors (Lipinski definition) is 6. The molecule has 0 radical (unpaired) electrons. The highest BCUT2D eigenvalue weighted by Crippen LogP contribution is 2.38. The zero-order chi connectivity index (χ0) is 20.1. The van der Waals surface area contributed by atoms with Crippen molar-refractivity contribution in [1.29, 1.82) is 0 Å². The number of carbonyl (C=O) groups excluding carboxylic acids is 2. The molecule has 0 saturated carbocycles. The number of hydrogen-bond donors (Lipinski definition) is 0. The molecular formula is C22H22O6. The summed E-state index contributed by atoms with van der Waals surface area (Å²) in [5.41, 5.74) is 1.80. The summed E-state index contributed by atoms with van der Waals surface area (Å²) in [6.07, 6.45) is 1.09. The molecule has 0 amide bonds. The molecule has 2 aromatic carbocycles. The molecule has 6 heteroatoms. The van der Waals surface area contributed by atoms with Gasteiger partial charge in [0.1, 0.15) is 0 Å². The topological polar surface area (TPSA) is 86.7 Å². The van der Waals surface area contributed by atoms with E-state index in [1.165, 1.54) is 0 Å². The molecule has 4 aromatic rings. The van der Waals surface area contributed by atoms with E-state index in [0.717, 1.165) is 0 Å². The lowest BCUT2D eigenvalue weighted by atomic mass is 9.72. The van der Waals surface area contributed by atoms with Gasteiger partial charge in [0.2, 0.25) is 22.3 Å². The van der Waals surface area contributed by atoms with Crippen LogP contribution in [0.4, 0.5) is 0 Å². The average molecular weight is 382 g/mol. The smallest absolute Gasteiger partial charge is 0.236 e. The molecule has 2 aromatic heterocycles. The van der Waals surface area contributed by atoms with Crippen LogP contribution in [0.25, 0.3) is 22.3 Å². The molecule has 0 bridgehead atoms. The summed E-state index contributed by atoms with van der Waals surface area (Å²) in [6.45, 7) is 7.56. The van der Waals surface area contributed by atoms with Crippen LogP contribution in [0.5, 0.6) is 0 Å². The fraction of sp³-hybridized carbons (Fsp3) is 0.364. The van der Waals surface area contributed by atoms with Crippen LogP contribution in [0, 0.1) is 10.8 Å². The third kappa shape index (κ3) is 2.89. The van der Waals surface area contributed by atoms with E-state index in [4.69, 9.17) is 18.3 Å². The van der Waals surface area contributed by atoms with Gasteiger partial charge in [-0.1, -0.05) is 39.8 Å². The standard InChI is InChI=1S/C22H22O6/c1-21(2,19(23)13-7-5-9-15-17(13)27-25-15)11-12-22(3,4)20(24)14-8-6-10-16-18(14)28-26-16/h5-10H,11-12H2,1-4H3. The fourth-order valence-electron chi connectivity index (χ4n) is 3.38. The molecule has 2 heterocycles. The minimum atomic E-state index is -0.660. The summed E-state index contributed by atoms with van der Waals surface area (Å²) in [5, 5.41) is 0. The van der Waals surface area contributed by atoms with Crippen LogP contribution in [-0.2, 0) is 0 Å². The maximum absolute atomic E-state index is 13.1. The molecule has 146 valence electrons. The van der Waals surface area contributed by atoms with Gasteiger partial charge in [-0.3, -0.25) is 27.9 Å². The zero-order valence-electron chi connectivity index (χ0n) is 16.3. The second-order valence-corrected chi connectivity index (χ2v) is 8.53. The molecule has 0 aliphatic carbocycles. The first-order valence-corrected chi connectivity index (χ1v) is 9.25. The Morgan fingerprint density at radius 2 is 1.07 bits per heavy atom. The summed E-state index contributed by atoms with van der Waals surface area (Å²) in [7, 11) is 0. The first kappa shape index (κ1) is 18.3. The number of para-hydroxylation sites is 2. The van der Waals surface area contributed by atoms with Crippen molar-refractivity contribution in [3.05, 3.63) is 47.5 Å². The number of Topliss-reactive ketones (excluding diaryl/α,β-unsaturated/α-hetero) is 2. The highest BCUT2D eigenvalue weighted by Gasteiger charge is 2.37. The van der Waals surface area contributed by atoms with Gasteiger partial charge in [-0.2, -0.15) is 0 Å². The lowest BCUT2D eigenvalue weighted by Crippen LogP contribution is -2.30. The van der Waals surface area contributed by atoms with Crippen molar-refractivity contribution in [3.63, 3.8) is 0 Å². The molecule has 0 saturated heterocycles. The van der Waals surface area contributed by atoms with Gasteiger partial charge in [-0.15, -0.1) is 0 Å². The molecule has 0 N–H and O–H groups in total. The molecule has 0 spiro atoms. The van der Waals surface area contributed by atoms with Gasteiger partial charge in [0, 0.05) is 10.8 Å². The van der Waals surface area contributed by atoms with E-state index in [9.17, 15) is 9.59 Å². The normalized spacial score (nSPS) is 12.9. The first-order valence-electron chi connectivity index (χ1n) is 9.25.